The number of aliphatic hydroxyl groups is 1. The van der Waals surface area contributed by atoms with Crippen molar-refractivity contribution in [1.29, 1.82) is 0 Å². The number of pyridine rings is 1. The van der Waals surface area contributed by atoms with Crippen molar-refractivity contribution < 1.29 is 19.0 Å². The summed E-state index contributed by atoms with van der Waals surface area (Å²) in [5, 5.41) is 21.0. The van der Waals surface area contributed by atoms with Gasteiger partial charge in [-0.2, -0.15) is 9.49 Å². The molecule has 1 aliphatic carbocycles. The highest BCUT2D eigenvalue weighted by molar-refractivity contribution is 5.70. The second-order valence-electron chi connectivity index (χ2n) is 11.1. The number of carbonyl (C=O) groups is 1. The quantitative estimate of drug-likeness (QED) is 0.599. The standard InChI is InChI=1S/C24H34FN5O3/c1-22(2,3)33-21(32)30-9-8-24(13-30,14-31)27-19-11-15(10-18(25)26-19)20-16-6-7-23(4,5)12-17(16)28-29-20/h10-11,31H,6-9,12-14H2,1-5H3,(H,26,27)(H,28,29). The third-order valence-corrected chi connectivity index (χ3v) is 6.43. The van der Waals surface area contributed by atoms with Gasteiger partial charge in [0.05, 0.1) is 17.8 Å². The van der Waals surface area contributed by atoms with Crippen molar-refractivity contribution in [2.75, 3.05) is 25.0 Å². The molecule has 1 saturated heterocycles. The minimum Gasteiger partial charge on any atom is -0.444 e. The number of halogens is 1. The van der Waals surface area contributed by atoms with Crippen molar-refractivity contribution in [3.63, 3.8) is 0 Å². The van der Waals surface area contributed by atoms with Gasteiger partial charge < -0.3 is 20.1 Å². The lowest BCUT2D eigenvalue weighted by Crippen LogP contribution is -2.46. The van der Waals surface area contributed by atoms with Crippen LogP contribution in [-0.2, 0) is 17.6 Å². The molecule has 180 valence electrons. The SMILES string of the molecule is CC1(C)CCc2c(-c3cc(F)nc(NC4(CO)CCN(C(=O)OC(C)(C)C)C4)c3)n[nH]c2C1. The van der Waals surface area contributed by atoms with Crippen LogP contribution in [0.15, 0.2) is 12.1 Å². The van der Waals surface area contributed by atoms with E-state index in [0.29, 0.717) is 24.3 Å². The average Bonchev–Trinajstić information content (AvgIpc) is 3.30. The number of fused-ring (bicyclic) bond motifs is 1. The van der Waals surface area contributed by atoms with Crippen LogP contribution in [-0.4, -0.2) is 62.1 Å². The minimum atomic E-state index is -0.829. The first-order valence-electron chi connectivity index (χ1n) is 11.5. The number of anilines is 1. The normalized spacial score (nSPS) is 22.2. The fourth-order valence-electron chi connectivity index (χ4n) is 4.68. The molecule has 3 heterocycles. The van der Waals surface area contributed by atoms with Crippen molar-refractivity contribution in [3.05, 3.63) is 29.3 Å². The molecule has 0 bridgehead atoms. The highest BCUT2D eigenvalue weighted by Gasteiger charge is 2.41. The van der Waals surface area contributed by atoms with E-state index in [1.165, 1.54) is 6.07 Å². The van der Waals surface area contributed by atoms with Gasteiger partial charge in [-0.1, -0.05) is 13.8 Å². The van der Waals surface area contributed by atoms with Gasteiger partial charge in [-0.3, -0.25) is 5.10 Å². The lowest BCUT2D eigenvalue weighted by molar-refractivity contribution is 0.0281. The fraction of sp³-hybridized carbons (Fsp3) is 0.625. The number of aliphatic hydroxyl groups excluding tert-OH is 1. The zero-order valence-electron chi connectivity index (χ0n) is 20.1. The average molecular weight is 460 g/mol. The molecule has 4 rings (SSSR count). The Labute approximate surface area is 193 Å². The molecule has 2 aliphatic rings. The van der Waals surface area contributed by atoms with E-state index in [1.54, 1.807) is 11.0 Å². The number of hydrogen-bond donors (Lipinski definition) is 3. The molecule has 1 aliphatic heterocycles. The Morgan fingerprint density at radius 2 is 2.09 bits per heavy atom. The Morgan fingerprint density at radius 3 is 2.79 bits per heavy atom. The summed E-state index contributed by atoms with van der Waals surface area (Å²) in [6.45, 7) is 10.3. The largest absolute Gasteiger partial charge is 0.444 e. The van der Waals surface area contributed by atoms with Crippen LogP contribution in [0.4, 0.5) is 15.0 Å². The molecular formula is C24H34FN5O3. The molecule has 8 nitrogen and oxygen atoms in total. The van der Waals surface area contributed by atoms with Crippen LogP contribution in [0.1, 0.15) is 58.7 Å². The molecule has 3 N–H and O–H groups in total. The molecule has 0 aromatic carbocycles. The lowest BCUT2D eigenvalue weighted by atomic mass is 9.76. The highest BCUT2D eigenvalue weighted by atomic mass is 19.1. The van der Waals surface area contributed by atoms with E-state index >= 15 is 0 Å². The molecular weight excluding hydrogens is 425 g/mol. The van der Waals surface area contributed by atoms with E-state index in [4.69, 9.17) is 4.74 Å². The molecule has 0 radical (unpaired) electrons. The lowest BCUT2D eigenvalue weighted by Gasteiger charge is -2.30. The summed E-state index contributed by atoms with van der Waals surface area (Å²) in [5.41, 5.74) is 2.38. The summed E-state index contributed by atoms with van der Waals surface area (Å²) >= 11 is 0. The number of aromatic amines is 1. The van der Waals surface area contributed by atoms with E-state index in [-0.39, 0.29) is 18.6 Å². The van der Waals surface area contributed by atoms with Gasteiger partial charge in [-0.25, -0.2) is 9.78 Å². The van der Waals surface area contributed by atoms with Crippen LogP contribution in [0.5, 0.6) is 0 Å². The zero-order chi connectivity index (χ0) is 24.0. The summed E-state index contributed by atoms with van der Waals surface area (Å²) < 4.78 is 20.0. The van der Waals surface area contributed by atoms with Crippen molar-refractivity contribution in [1.82, 2.24) is 20.1 Å². The predicted octanol–water partition coefficient (Wildman–Crippen LogP) is 3.91. The second-order valence-corrected chi connectivity index (χ2v) is 11.1. The van der Waals surface area contributed by atoms with Gasteiger partial charge in [0.2, 0.25) is 5.95 Å². The number of rotatable bonds is 4. The monoisotopic (exact) mass is 459 g/mol. The molecule has 2 aromatic rings. The van der Waals surface area contributed by atoms with Gasteiger partial charge in [-0.15, -0.1) is 0 Å². The minimum absolute atomic E-state index is 0.211. The third kappa shape index (κ3) is 5.13. The summed E-state index contributed by atoms with van der Waals surface area (Å²) in [6.07, 6.45) is 2.88. The molecule has 1 amide bonds. The Hall–Kier alpha value is -2.68. The molecule has 2 aromatic heterocycles. The van der Waals surface area contributed by atoms with Gasteiger partial charge in [0.1, 0.15) is 11.4 Å². The first-order valence-corrected chi connectivity index (χ1v) is 11.5. The molecule has 1 fully saturated rings. The molecule has 0 spiro atoms. The highest BCUT2D eigenvalue weighted by Crippen LogP contribution is 2.38. The van der Waals surface area contributed by atoms with E-state index in [9.17, 15) is 14.3 Å². The first-order chi connectivity index (χ1) is 15.4. The fourth-order valence-corrected chi connectivity index (χ4v) is 4.68. The number of ether oxygens (including phenoxy) is 1. The number of carbonyl (C=O) groups excluding carboxylic acids is 1. The van der Waals surface area contributed by atoms with Gasteiger partial charge >= 0.3 is 6.09 Å². The van der Waals surface area contributed by atoms with Gasteiger partial charge in [0.15, 0.2) is 0 Å². The first kappa shape index (κ1) is 23.5. The maximum Gasteiger partial charge on any atom is 0.410 e. The number of aromatic nitrogens is 3. The van der Waals surface area contributed by atoms with Crippen molar-refractivity contribution in [2.24, 2.45) is 5.41 Å². The molecule has 33 heavy (non-hydrogen) atoms. The van der Waals surface area contributed by atoms with Gasteiger partial charge in [0.25, 0.3) is 0 Å². The number of hydrogen-bond acceptors (Lipinski definition) is 6. The van der Waals surface area contributed by atoms with Crippen LogP contribution in [0.25, 0.3) is 11.3 Å². The molecule has 9 heteroatoms. The number of H-pyrrole nitrogens is 1. The number of amides is 1. The van der Waals surface area contributed by atoms with Crippen molar-refractivity contribution in [2.45, 2.75) is 71.4 Å². The summed E-state index contributed by atoms with van der Waals surface area (Å²) in [6, 6.07) is 3.14. The number of nitrogens with one attached hydrogen (secondary N) is 2. The Morgan fingerprint density at radius 1 is 1.33 bits per heavy atom. The molecule has 1 unspecified atom stereocenters. The molecule has 0 saturated carbocycles. The maximum absolute atomic E-state index is 14.5. The zero-order valence-corrected chi connectivity index (χ0v) is 20.1. The maximum atomic E-state index is 14.5. The van der Waals surface area contributed by atoms with Crippen LogP contribution in [0.2, 0.25) is 0 Å². The van der Waals surface area contributed by atoms with Crippen LogP contribution in [0, 0.1) is 11.4 Å². The smallest absolute Gasteiger partial charge is 0.410 e. The molecule has 1 atom stereocenters. The Kier molecular flexibility index (Phi) is 5.88. The van der Waals surface area contributed by atoms with Crippen LogP contribution < -0.4 is 5.32 Å². The van der Waals surface area contributed by atoms with Crippen molar-refractivity contribution >= 4 is 11.9 Å². The Bertz CT molecular complexity index is 1050. The van der Waals surface area contributed by atoms with E-state index in [0.717, 1.165) is 36.2 Å². The summed E-state index contributed by atoms with van der Waals surface area (Å²) in [5.74, 6) is -0.323. The number of likely N-dealkylation sites (tertiary alicyclic amines) is 1. The van der Waals surface area contributed by atoms with E-state index < -0.39 is 23.2 Å². The van der Waals surface area contributed by atoms with Gasteiger partial charge in [0, 0.05) is 36.0 Å². The predicted molar refractivity (Wildman–Crippen MR) is 123 cm³/mol. The second kappa shape index (κ2) is 8.27. The topological polar surface area (TPSA) is 103 Å². The van der Waals surface area contributed by atoms with E-state index in [1.807, 2.05) is 20.8 Å². The van der Waals surface area contributed by atoms with Crippen molar-refractivity contribution in [3.8, 4) is 11.3 Å². The van der Waals surface area contributed by atoms with Crippen LogP contribution >= 0.6 is 0 Å². The Balaban J connectivity index is 1.55. The van der Waals surface area contributed by atoms with Gasteiger partial charge in [-0.05, 0) is 57.9 Å². The number of nitrogens with zero attached hydrogens (tertiary/aromatic N) is 3. The third-order valence-electron chi connectivity index (χ3n) is 6.43. The summed E-state index contributed by atoms with van der Waals surface area (Å²) in [7, 11) is 0. The van der Waals surface area contributed by atoms with E-state index in [2.05, 4.69) is 34.3 Å². The summed E-state index contributed by atoms with van der Waals surface area (Å²) in [4.78, 5) is 18.0. The van der Waals surface area contributed by atoms with Crippen LogP contribution in [0.3, 0.4) is 0 Å².